The summed E-state index contributed by atoms with van der Waals surface area (Å²) in [5, 5.41) is 0. The summed E-state index contributed by atoms with van der Waals surface area (Å²) in [6.45, 7) is 3.73. The van der Waals surface area contributed by atoms with Crippen molar-refractivity contribution < 1.29 is 0 Å². The van der Waals surface area contributed by atoms with Crippen LogP contribution in [-0.4, -0.2) is 56.1 Å². The Morgan fingerprint density at radius 2 is 1.84 bits per heavy atom. The molecule has 2 aliphatic rings. The average Bonchev–Trinajstić information content (AvgIpc) is 3.48. The third-order valence-electron chi connectivity index (χ3n) is 5.16. The molecule has 0 aromatic carbocycles. The van der Waals surface area contributed by atoms with E-state index in [1.54, 1.807) is 17.1 Å². The lowest BCUT2D eigenvalue weighted by Crippen LogP contribution is -2.47. The van der Waals surface area contributed by atoms with Crippen molar-refractivity contribution in [3.63, 3.8) is 0 Å². The second-order valence-electron chi connectivity index (χ2n) is 6.87. The SMILES string of the molecule is O=c1ncccn1CCN1CCC(N(c2ccncn2)C2CC2)CC1. The lowest BCUT2D eigenvalue weighted by atomic mass is 10.0. The summed E-state index contributed by atoms with van der Waals surface area (Å²) in [6, 6.07) is 5.04. The Kier molecular flexibility index (Phi) is 4.74. The molecule has 0 atom stereocenters. The van der Waals surface area contributed by atoms with Gasteiger partial charge < -0.3 is 9.80 Å². The molecule has 132 valence electrons. The Bertz CT molecular complexity index is 736. The molecule has 1 aliphatic carbocycles. The van der Waals surface area contributed by atoms with Crippen molar-refractivity contribution in [1.29, 1.82) is 0 Å². The van der Waals surface area contributed by atoms with E-state index in [2.05, 4.69) is 24.8 Å². The lowest BCUT2D eigenvalue weighted by molar-refractivity contribution is 0.200. The first-order valence-corrected chi connectivity index (χ1v) is 9.09. The maximum Gasteiger partial charge on any atom is 0.347 e. The number of hydrogen-bond acceptors (Lipinski definition) is 6. The molecule has 0 bridgehead atoms. The second kappa shape index (κ2) is 7.31. The van der Waals surface area contributed by atoms with Gasteiger partial charge in [0, 0.05) is 56.9 Å². The Morgan fingerprint density at radius 3 is 2.52 bits per heavy atom. The van der Waals surface area contributed by atoms with Gasteiger partial charge in [0.15, 0.2) is 0 Å². The zero-order valence-electron chi connectivity index (χ0n) is 14.4. The lowest BCUT2D eigenvalue weighted by Gasteiger charge is -2.39. The van der Waals surface area contributed by atoms with Gasteiger partial charge in [-0.15, -0.1) is 0 Å². The molecule has 3 heterocycles. The van der Waals surface area contributed by atoms with Crippen LogP contribution < -0.4 is 10.6 Å². The highest BCUT2D eigenvalue weighted by Gasteiger charge is 2.36. The van der Waals surface area contributed by atoms with Crippen molar-refractivity contribution in [2.24, 2.45) is 0 Å². The van der Waals surface area contributed by atoms with Gasteiger partial charge >= 0.3 is 5.69 Å². The predicted octanol–water partition coefficient (Wildman–Crippen LogP) is 1.17. The molecule has 2 aromatic rings. The van der Waals surface area contributed by atoms with Crippen LogP contribution >= 0.6 is 0 Å². The highest BCUT2D eigenvalue weighted by Crippen LogP contribution is 2.34. The molecule has 0 radical (unpaired) electrons. The minimum absolute atomic E-state index is 0.166. The van der Waals surface area contributed by atoms with Crippen LogP contribution in [0.3, 0.4) is 0 Å². The largest absolute Gasteiger partial charge is 0.350 e. The molecule has 1 aliphatic heterocycles. The fourth-order valence-electron chi connectivity index (χ4n) is 3.69. The van der Waals surface area contributed by atoms with Crippen LogP contribution in [0.5, 0.6) is 0 Å². The van der Waals surface area contributed by atoms with Crippen LogP contribution in [0.25, 0.3) is 0 Å². The first kappa shape index (κ1) is 16.2. The van der Waals surface area contributed by atoms with Gasteiger partial charge in [0.25, 0.3) is 0 Å². The minimum Gasteiger partial charge on any atom is -0.350 e. The second-order valence-corrected chi connectivity index (χ2v) is 6.87. The van der Waals surface area contributed by atoms with E-state index in [-0.39, 0.29) is 5.69 Å². The molecule has 1 saturated carbocycles. The Balaban J connectivity index is 1.33. The molecule has 7 nitrogen and oxygen atoms in total. The summed E-state index contributed by atoms with van der Waals surface area (Å²) in [7, 11) is 0. The topological polar surface area (TPSA) is 67.2 Å². The van der Waals surface area contributed by atoms with Gasteiger partial charge in [-0.2, -0.15) is 0 Å². The van der Waals surface area contributed by atoms with E-state index in [4.69, 9.17) is 0 Å². The fraction of sp³-hybridized carbons (Fsp3) is 0.556. The summed E-state index contributed by atoms with van der Waals surface area (Å²) < 4.78 is 1.68. The van der Waals surface area contributed by atoms with Crippen LogP contribution in [0.15, 0.2) is 41.8 Å². The number of anilines is 1. The molecule has 25 heavy (non-hydrogen) atoms. The van der Waals surface area contributed by atoms with Gasteiger partial charge in [0.05, 0.1) is 0 Å². The summed E-state index contributed by atoms with van der Waals surface area (Å²) in [5.41, 5.74) is -0.166. The third-order valence-corrected chi connectivity index (χ3v) is 5.16. The molecule has 2 fully saturated rings. The minimum atomic E-state index is -0.166. The normalized spacial score (nSPS) is 19.0. The van der Waals surface area contributed by atoms with Gasteiger partial charge in [-0.3, -0.25) is 4.57 Å². The number of piperidine rings is 1. The van der Waals surface area contributed by atoms with Gasteiger partial charge in [0.1, 0.15) is 12.1 Å². The highest BCUT2D eigenvalue weighted by atomic mass is 16.1. The number of hydrogen-bond donors (Lipinski definition) is 0. The molecule has 0 N–H and O–H groups in total. The van der Waals surface area contributed by atoms with E-state index in [0.717, 1.165) is 38.3 Å². The van der Waals surface area contributed by atoms with Crippen LogP contribution in [0.4, 0.5) is 5.82 Å². The quantitative estimate of drug-likeness (QED) is 0.786. The summed E-state index contributed by atoms with van der Waals surface area (Å²) in [4.78, 5) is 29.0. The van der Waals surface area contributed by atoms with Crippen LogP contribution in [0.1, 0.15) is 25.7 Å². The molecule has 1 saturated heterocycles. The monoisotopic (exact) mass is 340 g/mol. The van der Waals surface area contributed by atoms with Crippen molar-refractivity contribution in [2.75, 3.05) is 24.5 Å². The maximum atomic E-state index is 11.7. The van der Waals surface area contributed by atoms with Crippen molar-refractivity contribution in [3.8, 4) is 0 Å². The van der Waals surface area contributed by atoms with E-state index in [1.807, 2.05) is 24.5 Å². The number of nitrogens with zero attached hydrogens (tertiary/aromatic N) is 6. The molecular weight excluding hydrogens is 316 g/mol. The average molecular weight is 340 g/mol. The number of rotatable bonds is 6. The van der Waals surface area contributed by atoms with Gasteiger partial charge in [-0.05, 0) is 37.8 Å². The highest BCUT2D eigenvalue weighted by molar-refractivity contribution is 5.41. The molecule has 4 rings (SSSR count). The Labute approximate surface area is 147 Å². The molecule has 0 amide bonds. The van der Waals surface area contributed by atoms with E-state index < -0.39 is 0 Å². The van der Waals surface area contributed by atoms with Crippen LogP contribution in [0.2, 0.25) is 0 Å². The smallest absolute Gasteiger partial charge is 0.347 e. The molecular formula is C18H24N6O. The van der Waals surface area contributed by atoms with E-state index in [9.17, 15) is 4.79 Å². The van der Waals surface area contributed by atoms with Gasteiger partial charge in [-0.1, -0.05) is 0 Å². The maximum absolute atomic E-state index is 11.7. The first-order valence-electron chi connectivity index (χ1n) is 9.09. The summed E-state index contributed by atoms with van der Waals surface area (Å²) in [6.07, 6.45) is 11.7. The predicted molar refractivity (Wildman–Crippen MR) is 95.5 cm³/mol. The molecule has 2 aromatic heterocycles. The van der Waals surface area contributed by atoms with Crippen molar-refractivity contribution >= 4 is 5.82 Å². The molecule has 0 unspecified atom stereocenters. The number of likely N-dealkylation sites (tertiary alicyclic amines) is 1. The summed E-state index contributed by atoms with van der Waals surface area (Å²) in [5.74, 6) is 1.07. The van der Waals surface area contributed by atoms with Crippen LogP contribution in [-0.2, 0) is 6.54 Å². The van der Waals surface area contributed by atoms with Gasteiger partial charge in [-0.25, -0.2) is 19.7 Å². The standard InChI is InChI=1S/C18H24N6O/c25-18-20-7-1-9-23(18)13-12-22-10-5-16(6-11-22)24(15-2-3-15)17-4-8-19-14-21-17/h1,4,7-9,14-16H,2-3,5-6,10-13H2. The van der Waals surface area contributed by atoms with E-state index in [0.29, 0.717) is 18.6 Å². The molecule has 7 heteroatoms. The number of aromatic nitrogens is 4. The van der Waals surface area contributed by atoms with Crippen molar-refractivity contribution in [1.82, 2.24) is 24.4 Å². The van der Waals surface area contributed by atoms with Crippen molar-refractivity contribution in [3.05, 3.63) is 47.5 Å². The zero-order chi connectivity index (χ0) is 17.1. The van der Waals surface area contributed by atoms with E-state index in [1.165, 1.54) is 12.8 Å². The van der Waals surface area contributed by atoms with E-state index >= 15 is 0 Å². The zero-order valence-corrected chi connectivity index (χ0v) is 14.4. The third kappa shape index (κ3) is 3.87. The first-order chi connectivity index (χ1) is 12.3. The summed E-state index contributed by atoms with van der Waals surface area (Å²) >= 11 is 0. The Morgan fingerprint density at radius 1 is 1.04 bits per heavy atom. The van der Waals surface area contributed by atoms with Gasteiger partial charge in [0.2, 0.25) is 0 Å². The Hall–Kier alpha value is -2.28. The fourth-order valence-corrected chi connectivity index (χ4v) is 3.69. The van der Waals surface area contributed by atoms with Crippen molar-refractivity contribution in [2.45, 2.75) is 44.3 Å². The molecule has 0 spiro atoms. The van der Waals surface area contributed by atoms with Crippen LogP contribution in [0, 0.1) is 0 Å².